The Morgan fingerprint density at radius 3 is 2.18 bits per heavy atom. The van der Waals surface area contributed by atoms with Crippen LogP contribution in [0.1, 0.15) is 16.7 Å². The second-order valence-electron chi connectivity index (χ2n) is 5.13. The number of rotatable bonds is 4. The van der Waals surface area contributed by atoms with E-state index in [0.29, 0.717) is 5.69 Å². The van der Waals surface area contributed by atoms with Crippen LogP contribution < -0.4 is 4.72 Å². The quantitative estimate of drug-likeness (QED) is 0.691. The van der Waals surface area contributed by atoms with Gasteiger partial charge in [0.25, 0.3) is 15.7 Å². The lowest BCUT2D eigenvalue weighted by molar-refractivity contribution is -0.385. The summed E-state index contributed by atoms with van der Waals surface area (Å²) < 4.78 is 27.4. The standard InChI is InChI=1S/C15H16N2O4S/c1-10-7-11(2)15(12(3)8-10)16-22(20,21)14-6-4-5-13(9-14)17(18)19/h4-9,16H,1-3H3. The van der Waals surface area contributed by atoms with E-state index in [1.807, 2.05) is 32.9 Å². The topological polar surface area (TPSA) is 89.3 Å². The fraction of sp³-hybridized carbons (Fsp3) is 0.200. The summed E-state index contributed by atoms with van der Waals surface area (Å²) in [6, 6.07) is 8.72. The van der Waals surface area contributed by atoms with Crippen LogP contribution in [0.4, 0.5) is 11.4 Å². The van der Waals surface area contributed by atoms with E-state index in [9.17, 15) is 18.5 Å². The number of non-ortho nitro benzene ring substituents is 1. The van der Waals surface area contributed by atoms with Gasteiger partial charge in [-0.2, -0.15) is 0 Å². The van der Waals surface area contributed by atoms with Gasteiger partial charge in [-0.15, -0.1) is 0 Å². The van der Waals surface area contributed by atoms with Crippen molar-refractivity contribution in [1.82, 2.24) is 0 Å². The number of benzene rings is 2. The van der Waals surface area contributed by atoms with Crippen molar-refractivity contribution in [2.24, 2.45) is 0 Å². The molecule has 0 fully saturated rings. The van der Waals surface area contributed by atoms with Gasteiger partial charge < -0.3 is 0 Å². The molecule has 116 valence electrons. The third-order valence-corrected chi connectivity index (χ3v) is 4.60. The molecule has 0 radical (unpaired) electrons. The Bertz CT molecular complexity index is 821. The van der Waals surface area contributed by atoms with Crippen LogP contribution in [0, 0.1) is 30.9 Å². The summed E-state index contributed by atoms with van der Waals surface area (Å²) in [4.78, 5) is 10.0. The maximum atomic E-state index is 12.4. The van der Waals surface area contributed by atoms with Crippen molar-refractivity contribution < 1.29 is 13.3 Å². The van der Waals surface area contributed by atoms with Gasteiger partial charge >= 0.3 is 0 Å². The molecule has 7 heteroatoms. The SMILES string of the molecule is Cc1cc(C)c(NS(=O)(=O)c2cccc([N+](=O)[O-])c2)c(C)c1. The predicted molar refractivity (Wildman–Crippen MR) is 84.6 cm³/mol. The molecule has 6 nitrogen and oxygen atoms in total. The third kappa shape index (κ3) is 3.25. The number of nitro groups is 1. The zero-order chi connectivity index (χ0) is 16.5. The van der Waals surface area contributed by atoms with Gasteiger partial charge in [-0.05, 0) is 38.0 Å². The van der Waals surface area contributed by atoms with Gasteiger partial charge in [-0.25, -0.2) is 8.42 Å². The Morgan fingerprint density at radius 2 is 1.64 bits per heavy atom. The molecular weight excluding hydrogens is 304 g/mol. The zero-order valence-electron chi connectivity index (χ0n) is 12.5. The summed E-state index contributed by atoms with van der Waals surface area (Å²) in [7, 11) is -3.88. The van der Waals surface area contributed by atoms with E-state index in [2.05, 4.69) is 4.72 Å². The van der Waals surface area contributed by atoms with Crippen LogP contribution in [0.15, 0.2) is 41.3 Å². The Labute approximate surface area is 129 Å². The average molecular weight is 320 g/mol. The average Bonchev–Trinajstić information content (AvgIpc) is 2.43. The van der Waals surface area contributed by atoms with Gasteiger partial charge in [0.15, 0.2) is 0 Å². The number of anilines is 1. The summed E-state index contributed by atoms with van der Waals surface area (Å²) in [5.74, 6) is 0. The number of sulfonamides is 1. The highest BCUT2D eigenvalue weighted by Gasteiger charge is 2.19. The lowest BCUT2D eigenvalue weighted by atomic mass is 10.1. The second-order valence-corrected chi connectivity index (χ2v) is 6.82. The van der Waals surface area contributed by atoms with Crippen molar-refractivity contribution in [2.75, 3.05) is 4.72 Å². The first-order valence-corrected chi connectivity index (χ1v) is 8.04. The maximum absolute atomic E-state index is 12.4. The number of nitro benzene ring substituents is 1. The molecule has 0 unspecified atom stereocenters. The molecule has 22 heavy (non-hydrogen) atoms. The fourth-order valence-electron chi connectivity index (χ4n) is 2.30. The Kier molecular flexibility index (Phi) is 4.18. The fourth-order valence-corrected chi connectivity index (χ4v) is 3.54. The van der Waals surface area contributed by atoms with E-state index < -0.39 is 14.9 Å². The maximum Gasteiger partial charge on any atom is 0.270 e. The van der Waals surface area contributed by atoms with E-state index in [1.165, 1.54) is 18.2 Å². The van der Waals surface area contributed by atoms with Gasteiger partial charge in [0.2, 0.25) is 0 Å². The third-order valence-electron chi connectivity index (χ3n) is 3.25. The van der Waals surface area contributed by atoms with Crippen LogP contribution in [-0.2, 0) is 10.0 Å². The molecule has 2 aromatic rings. The van der Waals surface area contributed by atoms with Crippen LogP contribution in [0.2, 0.25) is 0 Å². The van der Waals surface area contributed by atoms with Crippen LogP contribution in [0.25, 0.3) is 0 Å². The summed E-state index contributed by atoms with van der Waals surface area (Å²) in [6.45, 7) is 5.55. The molecule has 0 bridgehead atoms. The normalized spacial score (nSPS) is 11.2. The predicted octanol–water partition coefficient (Wildman–Crippen LogP) is 3.32. The molecular formula is C15H16N2O4S. The first-order valence-electron chi connectivity index (χ1n) is 6.56. The Morgan fingerprint density at radius 1 is 1.05 bits per heavy atom. The highest BCUT2D eigenvalue weighted by Crippen LogP contribution is 2.26. The molecule has 0 atom stereocenters. The summed E-state index contributed by atoms with van der Waals surface area (Å²) >= 11 is 0. The molecule has 0 aliphatic rings. The minimum absolute atomic E-state index is 0.138. The summed E-state index contributed by atoms with van der Waals surface area (Å²) in [5.41, 5.74) is 2.86. The monoisotopic (exact) mass is 320 g/mol. The number of nitrogens with one attached hydrogen (secondary N) is 1. The zero-order valence-corrected chi connectivity index (χ0v) is 13.3. The second kappa shape index (κ2) is 5.76. The molecule has 0 saturated heterocycles. The van der Waals surface area contributed by atoms with E-state index in [0.717, 1.165) is 22.8 Å². The molecule has 1 N–H and O–H groups in total. The van der Waals surface area contributed by atoms with Crippen LogP contribution in [-0.4, -0.2) is 13.3 Å². The molecule has 0 amide bonds. The highest BCUT2D eigenvalue weighted by molar-refractivity contribution is 7.92. The number of aryl methyl sites for hydroxylation is 3. The lowest BCUT2D eigenvalue weighted by Gasteiger charge is -2.14. The molecule has 2 aromatic carbocycles. The molecule has 0 saturated carbocycles. The molecule has 2 rings (SSSR count). The molecule has 0 aliphatic carbocycles. The van der Waals surface area contributed by atoms with Gasteiger partial charge in [-0.1, -0.05) is 23.8 Å². The van der Waals surface area contributed by atoms with Crippen LogP contribution >= 0.6 is 0 Å². The first-order chi connectivity index (χ1) is 10.2. The van der Waals surface area contributed by atoms with E-state index in [-0.39, 0.29) is 10.6 Å². The van der Waals surface area contributed by atoms with E-state index in [1.54, 1.807) is 0 Å². The van der Waals surface area contributed by atoms with Crippen molar-refractivity contribution in [3.8, 4) is 0 Å². The Hall–Kier alpha value is -2.41. The minimum atomic E-state index is -3.88. The van der Waals surface area contributed by atoms with Crippen molar-refractivity contribution in [1.29, 1.82) is 0 Å². The summed E-state index contributed by atoms with van der Waals surface area (Å²) in [5, 5.41) is 10.8. The van der Waals surface area contributed by atoms with Gasteiger partial charge in [-0.3, -0.25) is 14.8 Å². The van der Waals surface area contributed by atoms with Crippen molar-refractivity contribution in [2.45, 2.75) is 25.7 Å². The number of nitrogens with zero attached hydrogens (tertiary/aromatic N) is 1. The highest BCUT2D eigenvalue weighted by atomic mass is 32.2. The molecule has 0 spiro atoms. The minimum Gasteiger partial charge on any atom is -0.279 e. The molecule has 0 aromatic heterocycles. The Balaban J connectivity index is 2.45. The van der Waals surface area contributed by atoms with Crippen molar-refractivity contribution in [3.63, 3.8) is 0 Å². The van der Waals surface area contributed by atoms with Crippen LogP contribution in [0.5, 0.6) is 0 Å². The van der Waals surface area contributed by atoms with Crippen molar-refractivity contribution in [3.05, 3.63) is 63.2 Å². The van der Waals surface area contributed by atoms with Crippen LogP contribution in [0.3, 0.4) is 0 Å². The van der Waals surface area contributed by atoms with Gasteiger partial charge in [0, 0.05) is 12.1 Å². The van der Waals surface area contributed by atoms with E-state index >= 15 is 0 Å². The smallest absolute Gasteiger partial charge is 0.270 e. The first kappa shape index (κ1) is 16.0. The summed E-state index contributed by atoms with van der Waals surface area (Å²) in [6.07, 6.45) is 0. The van der Waals surface area contributed by atoms with Gasteiger partial charge in [0.05, 0.1) is 15.5 Å². The lowest BCUT2D eigenvalue weighted by Crippen LogP contribution is -2.15. The largest absolute Gasteiger partial charge is 0.279 e. The van der Waals surface area contributed by atoms with Crippen molar-refractivity contribution >= 4 is 21.4 Å². The van der Waals surface area contributed by atoms with E-state index in [4.69, 9.17) is 0 Å². The van der Waals surface area contributed by atoms with Gasteiger partial charge in [0.1, 0.15) is 0 Å². The molecule has 0 heterocycles. The molecule has 0 aliphatic heterocycles. The number of hydrogen-bond donors (Lipinski definition) is 1. The number of hydrogen-bond acceptors (Lipinski definition) is 4.